The Balaban J connectivity index is 2.97. The molecule has 0 radical (unpaired) electrons. The smallest absolute Gasteiger partial charge is 0.0156 e. The molecule has 1 rings (SSSR count). The van der Waals surface area contributed by atoms with Crippen LogP contribution in [-0.2, 0) is 5.41 Å². The zero-order valence-corrected chi connectivity index (χ0v) is 12.0. The Morgan fingerprint density at radius 3 is 2.00 bits per heavy atom. The lowest BCUT2D eigenvalue weighted by atomic mass is 9.70. The summed E-state index contributed by atoms with van der Waals surface area (Å²) in [5, 5.41) is 3.49. The minimum atomic E-state index is 0.223. The zero-order chi connectivity index (χ0) is 12.9. The Bertz CT molecular complexity index is 327. The number of benzene rings is 1. The molecule has 1 N–H and O–H groups in total. The molecule has 2 atom stereocenters. The molecule has 0 spiro atoms. The van der Waals surface area contributed by atoms with Crippen LogP contribution < -0.4 is 5.32 Å². The summed E-state index contributed by atoms with van der Waals surface area (Å²) in [7, 11) is 2.07. The maximum atomic E-state index is 3.49. The van der Waals surface area contributed by atoms with E-state index in [0.717, 1.165) is 6.42 Å². The van der Waals surface area contributed by atoms with Gasteiger partial charge in [-0.15, -0.1) is 0 Å². The highest BCUT2D eigenvalue weighted by atomic mass is 14.9. The topological polar surface area (TPSA) is 12.0 Å². The first kappa shape index (κ1) is 14.2. The second-order valence-electron chi connectivity index (χ2n) is 5.62. The Morgan fingerprint density at radius 2 is 1.59 bits per heavy atom. The van der Waals surface area contributed by atoms with Gasteiger partial charge in [-0.1, -0.05) is 51.1 Å². The first-order chi connectivity index (χ1) is 7.99. The molecule has 0 heterocycles. The quantitative estimate of drug-likeness (QED) is 0.779. The molecule has 0 aliphatic heterocycles. The van der Waals surface area contributed by atoms with Crippen LogP contribution in [0.5, 0.6) is 0 Å². The molecule has 17 heavy (non-hydrogen) atoms. The van der Waals surface area contributed by atoms with Crippen LogP contribution in [-0.4, -0.2) is 12.6 Å². The van der Waals surface area contributed by atoms with Crippen LogP contribution in [0.2, 0.25) is 0 Å². The number of nitrogens with one attached hydrogen (secondary N) is 1. The highest BCUT2D eigenvalue weighted by Crippen LogP contribution is 2.36. The molecule has 2 unspecified atom stereocenters. The van der Waals surface area contributed by atoms with E-state index in [2.05, 4.69) is 70.4 Å². The van der Waals surface area contributed by atoms with E-state index >= 15 is 0 Å². The van der Waals surface area contributed by atoms with Gasteiger partial charge in [0.05, 0.1) is 0 Å². The Labute approximate surface area is 107 Å². The Kier molecular flexibility index (Phi) is 4.76. The molecular weight excluding hydrogens is 206 g/mol. The van der Waals surface area contributed by atoms with E-state index in [-0.39, 0.29) is 11.0 Å². The van der Waals surface area contributed by atoms with Crippen molar-refractivity contribution in [3.63, 3.8) is 0 Å². The lowest BCUT2D eigenvalue weighted by Gasteiger charge is -2.39. The van der Waals surface area contributed by atoms with Crippen LogP contribution in [0.15, 0.2) is 30.3 Å². The third-order valence-electron chi connectivity index (χ3n) is 4.42. The van der Waals surface area contributed by atoms with Crippen molar-refractivity contribution >= 4 is 0 Å². The van der Waals surface area contributed by atoms with Crippen LogP contribution in [0.25, 0.3) is 0 Å². The standard InChI is InChI=1S/C16H27N/c1-6-15(3,13-16(4,7-2)17-5)14-11-9-8-10-12-14/h8-12,17H,6-7,13H2,1-5H3. The molecule has 0 saturated heterocycles. The van der Waals surface area contributed by atoms with Gasteiger partial charge in [0.25, 0.3) is 0 Å². The van der Waals surface area contributed by atoms with Gasteiger partial charge in [0.15, 0.2) is 0 Å². The summed E-state index contributed by atoms with van der Waals surface area (Å²) in [5.74, 6) is 0. The van der Waals surface area contributed by atoms with Gasteiger partial charge in [-0.3, -0.25) is 0 Å². The van der Waals surface area contributed by atoms with Gasteiger partial charge < -0.3 is 5.32 Å². The fourth-order valence-corrected chi connectivity index (χ4v) is 2.52. The molecular formula is C16H27N. The third kappa shape index (κ3) is 3.32. The monoisotopic (exact) mass is 233 g/mol. The van der Waals surface area contributed by atoms with E-state index in [9.17, 15) is 0 Å². The van der Waals surface area contributed by atoms with Crippen molar-refractivity contribution in [2.24, 2.45) is 0 Å². The average Bonchev–Trinajstić information content (AvgIpc) is 2.39. The van der Waals surface area contributed by atoms with Crippen LogP contribution in [0.1, 0.15) is 52.5 Å². The molecule has 1 aromatic rings. The van der Waals surface area contributed by atoms with Crippen LogP contribution in [0, 0.1) is 0 Å². The predicted octanol–water partition coefficient (Wildman–Crippen LogP) is 4.13. The maximum Gasteiger partial charge on any atom is 0.0156 e. The van der Waals surface area contributed by atoms with Crippen molar-refractivity contribution in [3.8, 4) is 0 Å². The Hall–Kier alpha value is -0.820. The van der Waals surface area contributed by atoms with Crippen molar-refractivity contribution in [1.82, 2.24) is 5.32 Å². The van der Waals surface area contributed by atoms with Crippen molar-refractivity contribution in [1.29, 1.82) is 0 Å². The van der Waals surface area contributed by atoms with E-state index in [1.54, 1.807) is 0 Å². The van der Waals surface area contributed by atoms with Crippen LogP contribution >= 0.6 is 0 Å². The van der Waals surface area contributed by atoms with Crippen molar-refractivity contribution in [2.75, 3.05) is 7.05 Å². The predicted molar refractivity (Wildman–Crippen MR) is 76.5 cm³/mol. The third-order valence-corrected chi connectivity index (χ3v) is 4.42. The lowest BCUT2D eigenvalue weighted by Crippen LogP contribution is -2.44. The summed E-state index contributed by atoms with van der Waals surface area (Å²) in [6.07, 6.45) is 3.51. The number of hydrogen-bond donors (Lipinski definition) is 1. The number of rotatable bonds is 6. The van der Waals surface area contributed by atoms with Gasteiger partial charge in [-0.25, -0.2) is 0 Å². The maximum absolute atomic E-state index is 3.49. The van der Waals surface area contributed by atoms with Gasteiger partial charge in [-0.05, 0) is 44.2 Å². The van der Waals surface area contributed by atoms with Crippen molar-refractivity contribution in [3.05, 3.63) is 35.9 Å². The normalized spacial score (nSPS) is 18.4. The summed E-state index contributed by atoms with van der Waals surface area (Å²) >= 11 is 0. The van der Waals surface area contributed by atoms with Gasteiger partial charge in [0.1, 0.15) is 0 Å². The average molecular weight is 233 g/mol. The molecule has 0 fully saturated rings. The molecule has 0 aliphatic rings. The minimum absolute atomic E-state index is 0.223. The van der Waals surface area contributed by atoms with Crippen molar-refractivity contribution < 1.29 is 0 Å². The summed E-state index contributed by atoms with van der Waals surface area (Å²) in [4.78, 5) is 0. The van der Waals surface area contributed by atoms with E-state index in [1.165, 1.54) is 18.4 Å². The van der Waals surface area contributed by atoms with Gasteiger partial charge in [-0.2, -0.15) is 0 Å². The van der Waals surface area contributed by atoms with E-state index < -0.39 is 0 Å². The summed E-state index contributed by atoms with van der Waals surface area (Å²) < 4.78 is 0. The second-order valence-corrected chi connectivity index (χ2v) is 5.62. The van der Waals surface area contributed by atoms with E-state index in [4.69, 9.17) is 0 Å². The summed E-state index contributed by atoms with van der Waals surface area (Å²) in [5.41, 5.74) is 1.94. The molecule has 0 aliphatic carbocycles. The molecule has 1 aromatic carbocycles. The molecule has 0 bridgehead atoms. The molecule has 96 valence electrons. The molecule has 1 heteroatoms. The highest BCUT2D eigenvalue weighted by molar-refractivity contribution is 5.25. The SMILES string of the molecule is CCC(C)(CC(C)(CC)c1ccccc1)NC. The van der Waals surface area contributed by atoms with Gasteiger partial charge in [0, 0.05) is 5.54 Å². The largest absolute Gasteiger partial charge is 0.315 e. The van der Waals surface area contributed by atoms with Crippen molar-refractivity contribution in [2.45, 2.75) is 57.9 Å². The fraction of sp³-hybridized carbons (Fsp3) is 0.625. The lowest BCUT2D eigenvalue weighted by molar-refractivity contribution is 0.254. The van der Waals surface area contributed by atoms with E-state index in [0.29, 0.717) is 0 Å². The van der Waals surface area contributed by atoms with Gasteiger partial charge >= 0.3 is 0 Å². The molecule has 0 amide bonds. The summed E-state index contributed by atoms with van der Waals surface area (Å²) in [6.45, 7) is 9.26. The summed E-state index contributed by atoms with van der Waals surface area (Å²) in [6, 6.07) is 10.9. The van der Waals surface area contributed by atoms with E-state index in [1.807, 2.05) is 0 Å². The van der Waals surface area contributed by atoms with Gasteiger partial charge in [0.2, 0.25) is 0 Å². The first-order valence-electron chi connectivity index (χ1n) is 6.74. The minimum Gasteiger partial charge on any atom is -0.315 e. The first-order valence-corrected chi connectivity index (χ1v) is 6.74. The van der Waals surface area contributed by atoms with Crippen LogP contribution in [0.4, 0.5) is 0 Å². The van der Waals surface area contributed by atoms with Crippen LogP contribution in [0.3, 0.4) is 0 Å². The molecule has 0 aromatic heterocycles. The fourth-order valence-electron chi connectivity index (χ4n) is 2.52. The highest BCUT2D eigenvalue weighted by Gasteiger charge is 2.33. The Morgan fingerprint density at radius 1 is 1.00 bits per heavy atom. The number of hydrogen-bond acceptors (Lipinski definition) is 1. The molecule has 0 saturated carbocycles. The zero-order valence-electron chi connectivity index (χ0n) is 12.0. The second kappa shape index (κ2) is 5.68. The molecule has 1 nitrogen and oxygen atoms in total.